The second-order valence-corrected chi connectivity index (χ2v) is 3.95. The lowest BCUT2D eigenvalue weighted by atomic mass is 9.85. The Balaban J connectivity index is 2.08. The highest BCUT2D eigenvalue weighted by molar-refractivity contribution is 6.09. The summed E-state index contributed by atoms with van der Waals surface area (Å²) < 4.78 is 0. The van der Waals surface area contributed by atoms with Crippen LogP contribution in [0.3, 0.4) is 0 Å². The van der Waals surface area contributed by atoms with E-state index in [0.717, 1.165) is 5.71 Å². The fourth-order valence-electron chi connectivity index (χ4n) is 2.93. The highest BCUT2D eigenvalue weighted by atomic mass is 16.4. The van der Waals surface area contributed by atoms with Crippen LogP contribution in [0.25, 0.3) is 0 Å². The maximum atomic E-state index is 8.88. The molecule has 2 N–H and O–H groups in total. The molecule has 1 saturated carbocycles. The highest BCUT2D eigenvalue weighted by Gasteiger charge is 2.52. The van der Waals surface area contributed by atoms with Crippen LogP contribution in [0.15, 0.2) is 34.6 Å². The molecule has 14 heavy (non-hydrogen) atoms. The van der Waals surface area contributed by atoms with E-state index in [9.17, 15) is 0 Å². The normalized spacial score (nSPS) is 48.3. The van der Waals surface area contributed by atoms with Gasteiger partial charge >= 0.3 is 0 Å². The molecule has 2 bridgehead atoms. The SMILES string of the molecule is ON=C1C2C=CC1C1/C(=N\O)C=CC21. The van der Waals surface area contributed by atoms with Crippen LogP contribution >= 0.6 is 0 Å². The highest BCUT2D eigenvalue weighted by Crippen LogP contribution is 2.49. The van der Waals surface area contributed by atoms with Crippen LogP contribution in [0.2, 0.25) is 0 Å². The zero-order valence-electron chi connectivity index (χ0n) is 7.41. The summed E-state index contributed by atoms with van der Waals surface area (Å²) in [7, 11) is 0. The van der Waals surface area contributed by atoms with E-state index >= 15 is 0 Å². The zero-order valence-corrected chi connectivity index (χ0v) is 7.41. The molecule has 0 radical (unpaired) electrons. The molecule has 0 spiro atoms. The van der Waals surface area contributed by atoms with Crippen molar-refractivity contribution in [2.45, 2.75) is 0 Å². The molecule has 1 fully saturated rings. The molecule has 0 heterocycles. The van der Waals surface area contributed by atoms with Crippen molar-refractivity contribution in [3.63, 3.8) is 0 Å². The number of rotatable bonds is 0. The van der Waals surface area contributed by atoms with Gasteiger partial charge in [0.2, 0.25) is 0 Å². The minimum Gasteiger partial charge on any atom is -0.411 e. The first-order valence-corrected chi connectivity index (χ1v) is 4.67. The molecule has 4 nitrogen and oxygen atoms in total. The van der Waals surface area contributed by atoms with Gasteiger partial charge in [0.05, 0.1) is 11.4 Å². The maximum absolute atomic E-state index is 8.88. The smallest absolute Gasteiger partial charge is 0.0839 e. The Morgan fingerprint density at radius 3 is 2.50 bits per heavy atom. The summed E-state index contributed by atoms with van der Waals surface area (Å²) in [4.78, 5) is 0. The lowest BCUT2D eigenvalue weighted by Gasteiger charge is -2.17. The van der Waals surface area contributed by atoms with E-state index in [0.29, 0.717) is 11.6 Å². The molecule has 3 aliphatic rings. The van der Waals surface area contributed by atoms with E-state index in [-0.39, 0.29) is 17.8 Å². The molecule has 3 rings (SSSR count). The van der Waals surface area contributed by atoms with E-state index < -0.39 is 0 Å². The van der Waals surface area contributed by atoms with Gasteiger partial charge in [0.1, 0.15) is 0 Å². The molecule has 0 aliphatic heterocycles. The van der Waals surface area contributed by atoms with Gasteiger partial charge in [-0.15, -0.1) is 0 Å². The number of allylic oxidation sites excluding steroid dienone is 4. The molecule has 3 aliphatic carbocycles. The van der Waals surface area contributed by atoms with Gasteiger partial charge in [-0.25, -0.2) is 0 Å². The predicted molar refractivity (Wildman–Crippen MR) is 50.7 cm³/mol. The maximum Gasteiger partial charge on any atom is 0.0839 e. The summed E-state index contributed by atoms with van der Waals surface area (Å²) in [5.74, 6) is 0.823. The Kier molecular flexibility index (Phi) is 1.37. The van der Waals surface area contributed by atoms with Crippen molar-refractivity contribution < 1.29 is 10.4 Å². The summed E-state index contributed by atoms with van der Waals surface area (Å²) in [5, 5.41) is 24.3. The predicted octanol–water partition coefficient (Wildman–Crippen LogP) is 1.26. The van der Waals surface area contributed by atoms with E-state index in [2.05, 4.69) is 16.4 Å². The van der Waals surface area contributed by atoms with Gasteiger partial charge in [-0.05, 0) is 12.0 Å². The van der Waals surface area contributed by atoms with Crippen LogP contribution in [0, 0.1) is 23.7 Å². The van der Waals surface area contributed by atoms with Crippen molar-refractivity contribution in [2.24, 2.45) is 34.0 Å². The Hall–Kier alpha value is -1.58. The van der Waals surface area contributed by atoms with Gasteiger partial charge in [0.25, 0.3) is 0 Å². The molecular formula is C10H10N2O2. The molecule has 4 atom stereocenters. The number of fused-ring (bicyclic) bond motifs is 5. The largest absolute Gasteiger partial charge is 0.411 e. The third kappa shape index (κ3) is 0.697. The molecule has 0 aromatic heterocycles. The van der Waals surface area contributed by atoms with E-state index in [1.165, 1.54) is 0 Å². The molecule has 0 aromatic carbocycles. The summed E-state index contributed by atoms with van der Waals surface area (Å²) >= 11 is 0. The first-order chi connectivity index (χ1) is 6.86. The third-order valence-corrected chi connectivity index (χ3v) is 3.49. The van der Waals surface area contributed by atoms with Crippen LogP contribution in [-0.4, -0.2) is 21.8 Å². The third-order valence-electron chi connectivity index (χ3n) is 3.49. The molecule has 0 saturated heterocycles. The van der Waals surface area contributed by atoms with Crippen LogP contribution in [-0.2, 0) is 0 Å². The van der Waals surface area contributed by atoms with Crippen molar-refractivity contribution in [3.05, 3.63) is 24.3 Å². The monoisotopic (exact) mass is 190 g/mol. The Morgan fingerprint density at radius 1 is 1.00 bits per heavy atom. The molecule has 4 heteroatoms. The molecule has 4 unspecified atom stereocenters. The van der Waals surface area contributed by atoms with Crippen molar-refractivity contribution in [1.82, 2.24) is 0 Å². The van der Waals surface area contributed by atoms with Gasteiger partial charge in [-0.1, -0.05) is 28.5 Å². The summed E-state index contributed by atoms with van der Waals surface area (Å²) in [6, 6.07) is 0. The fraction of sp³-hybridized carbons (Fsp3) is 0.400. The molecule has 0 aromatic rings. The average molecular weight is 190 g/mol. The first kappa shape index (κ1) is 7.79. The van der Waals surface area contributed by atoms with Crippen LogP contribution in [0.1, 0.15) is 0 Å². The van der Waals surface area contributed by atoms with E-state index in [1.54, 1.807) is 0 Å². The van der Waals surface area contributed by atoms with Gasteiger partial charge in [-0.2, -0.15) is 0 Å². The Bertz CT molecular complexity index is 395. The summed E-state index contributed by atoms with van der Waals surface area (Å²) in [6.07, 6.45) is 8.01. The minimum atomic E-state index is 0.121. The average Bonchev–Trinajstić information content (AvgIpc) is 2.87. The van der Waals surface area contributed by atoms with Gasteiger partial charge in [-0.3, -0.25) is 0 Å². The Labute approximate surface area is 80.9 Å². The van der Waals surface area contributed by atoms with Gasteiger partial charge in [0, 0.05) is 17.8 Å². The zero-order chi connectivity index (χ0) is 9.71. The topological polar surface area (TPSA) is 65.2 Å². The minimum absolute atomic E-state index is 0.121. The standard InChI is InChI=1S/C10H10N2O2/c13-11-8-4-3-5-6-1-2-7(9(5)8)10(6)12-14/h1-7,9,13-14H/b11-8-,12-10?. The van der Waals surface area contributed by atoms with Crippen LogP contribution in [0.5, 0.6) is 0 Å². The van der Waals surface area contributed by atoms with Gasteiger partial charge in [0.15, 0.2) is 0 Å². The quantitative estimate of drug-likeness (QED) is 0.343. The molecule has 72 valence electrons. The van der Waals surface area contributed by atoms with Crippen LogP contribution < -0.4 is 0 Å². The molecular weight excluding hydrogens is 180 g/mol. The lowest BCUT2D eigenvalue weighted by molar-refractivity contribution is 0.312. The number of nitrogens with zero attached hydrogens (tertiary/aromatic N) is 2. The van der Waals surface area contributed by atoms with Gasteiger partial charge < -0.3 is 10.4 Å². The second kappa shape index (κ2) is 2.47. The second-order valence-electron chi connectivity index (χ2n) is 3.95. The van der Waals surface area contributed by atoms with Crippen molar-refractivity contribution in [1.29, 1.82) is 0 Å². The lowest BCUT2D eigenvalue weighted by Crippen LogP contribution is -2.20. The number of hydrogen-bond acceptors (Lipinski definition) is 4. The first-order valence-electron chi connectivity index (χ1n) is 4.67. The number of oxime groups is 2. The van der Waals surface area contributed by atoms with Crippen molar-refractivity contribution in [2.75, 3.05) is 0 Å². The van der Waals surface area contributed by atoms with E-state index in [1.807, 2.05) is 18.2 Å². The van der Waals surface area contributed by atoms with E-state index in [4.69, 9.17) is 10.4 Å². The van der Waals surface area contributed by atoms with Crippen molar-refractivity contribution >= 4 is 11.4 Å². The fourth-order valence-corrected chi connectivity index (χ4v) is 2.93. The van der Waals surface area contributed by atoms with Crippen LogP contribution in [0.4, 0.5) is 0 Å². The number of hydrogen-bond donors (Lipinski definition) is 2. The summed E-state index contributed by atoms with van der Waals surface area (Å²) in [5.41, 5.74) is 1.51. The Morgan fingerprint density at radius 2 is 1.79 bits per heavy atom. The summed E-state index contributed by atoms with van der Waals surface area (Å²) in [6.45, 7) is 0. The van der Waals surface area contributed by atoms with Crippen molar-refractivity contribution in [3.8, 4) is 0 Å². The molecule has 0 amide bonds.